The molecule has 1 aliphatic rings. The molecule has 2 rings (SSSR count). The molecule has 3 heteroatoms. The number of rotatable bonds is 5. The molecule has 0 aliphatic carbocycles. The highest BCUT2D eigenvalue weighted by molar-refractivity contribution is 7.99. The highest BCUT2D eigenvalue weighted by Crippen LogP contribution is 2.29. The van der Waals surface area contributed by atoms with Gasteiger partial charge in [-0.2, -0.15) is 11.8 Å². The van der Waals surface area contributed by atoms with Crippen molar-refractivity contribution in [1.29, 1.82) is 0 Å². The van der Waals surface area contributed by atoms with E-state index in [1.807, 2.05) is 11.8 Å². The van der Waals surface area contributed by atoms with E-state index in [1.54, 1.807) is 0 Å². The number of nitrogens with one attached hydrogen (secondary N) is 1. The van der Waals surface area contributed by atoms with E-state index < -0.39 is 5.60 Å². The topological polar surface area (TPSA) is 32.3 Å². The van der Waals surface area contributed by atoms with Gasteiger partial charge in [0.1, 0.15) is 0 Å². The molecular weight excluding hydrogens is 266 g/mol. The smallest absolute Gasteiger partial charge is 0.0787 e. The Morgan fingerprint density at radius 3 is 2.45 bits per heavy atom. The van der Waals surface area contributed by atoms with Crippen LogP contribution in [0, 0.1) is 0 Å². The second kappa shape index (κ2) is 6.50. The van der Waals surface area contributed by atoms with Crippen LogP contribution in [0.25, 0.3) is 0 Å². The summed E-state index contributed by atoms with van der Waals surface area (Å²) in [6, 6.07) is 10.9. The van der Waals surface area contributed by atoms with Crippen LogP contribution in [0.3, 0.4) is 0 Å². The van der Waals surface area contributed by atoms with Gasteiger partial charge in [-0.05, 0) is 36.8 Å². The average Bonchev–Trinajstić information content (AvgIpc) is 2.46. The molecule has 0 saturated carbocycles. The molecule has 2 nitrogen and oxygen atoms in total. The van der Waals surface area contributed by atoms with Crippen molar-refractivity contribution in [2.24, 2.45) is 0 Å². The van der Waals surface area contributed by atoms with Crippen LogP contribution >= 0.6 is 11.8 Å². The lowest BCUT2D eigenvalue weighted by Crippen LogP contribution is -2.50. The summed E-state index contributed by atoms with van der Waals surface area (Å²) in [5, 5.41) is 14.2. The Morgan fingerprint density at radius 1 is 1.25 bits per heavy atom. The molecule has 1 atom stereocenters. The summed E-state index contributed by atoms with van der Waals surface area (Å²) >= 11 is 1.95. The van der Waals surface area contributed by atoms with Crippen molar-refractivity contribution >= 4 is 11.8 Å². The van der Waals surface area contributed by atoms with Gasteiger partial charge in [-0.25, -0.2) is 0 Å². The molecule has 20 heavy (non-hydrogen) atoms. The highest BCUT2D eigenvalue weighted by Gasteiger charge is 2.33. The molecule has 1 fully saturated rings. The van der Waals surface area contributed by atoms with Crippen LogP contribution in [0.5, 0.6) is 0 Å². The minimum absolute atomic E-state index is 0.0566. The molecule has 2 N–H and O–H groups in total. The third kappa shape index (κ3) is 3.78. The van der Waals surface area contributed by atoms with E-state index in [0.717, 1.165) is 24.3 Å². The molecule has 0 bridgehead atoms. The molecule has 1 aromatic carbocycles. The molecule has 1 saturated heterocycles. The van der Waals surface area contributed by atoms with E-state index in [-0.39, 0.29) is 5.41 Å². The third-order valence-electron chi connectivity index (χ3n) is 4.76. The minimum atomic E-state index is -0.508. The number of hydrogen-bond donors (Lipinski definition) is 2. The summed E-state index contributed by atoms with van der Waals surface area (Å²) in [5.41, 5.74) is 0.888. The van der Waals surface area contributed by atoms with Crippen LogP contribution in [0.4, 0.5) is 0 Å². The summed E-state index contributed by atoms with van der Waals surface area (Å²) in [4.78, 5) is 0. The van der Waals surface area contributed by atoms with Gasteiger partial charge in [0.25, 0.3) is 0 Å². The molecule has 0 spiro atoms. The number of benzene rings is 1. The fraction of sp³-hybridized carbons (Fsp3) is 0.647. The molecule has 0 aromatic heterocycles. The van der Waals surface area contributed by atoms with Crippen molar-refractivity contribution in [3.8, 4) is 0 Å². The molecule has 1 aliphatic heterocycles. The monoisotopic (exact) mass is 293 g/mol. The molecular formula is C17H27NOS. The van der Waals surface area contributed by atoms with Gasteiger partial charge < -0.3 is 10.4 Å². The van der Waals surface area contributed by atoms with E-state index in [9.17, 15) is 5.11 Å². The predicted octanol–water partition coefficient (Wildman–Crippen LogP) is 3.20. The Hall–Kier alpha value is -0.510. The van der Waals surface area contributed by atoms with Gasteiger partial charge in [-0.3, -0.25) is 0 Å². The van der Waals surface area contributed by atoms with Gasteiger partial charge in [-0.1, -0.05) is 44.2 Å². The first-order valence-corrected chi connectivity index (χ1v) is 8.69. The van der Waals surface area contributed by atoms with E-state index in [1.165, 1.54) is 5.56 Å². The van der Waals surface area contributed by atoms with Gasteiger partial charge in [0.2, 0.25) is 0 Å². The van der Waals surface area contributed by atoms with Gasteiger partial charge >= 0.3 is 0 Å². The molecule has 0 amide bonds. The summed E-state index contributed by atoms with van der Waals surface area (Å²) in [7, 11) is 0. The number of aliphatic hydroxyl groups is 1. The third-order valence-corrected chi connectivity index (χ3v) is 5.75. The van der Waals surface area contributed by atoms with Crippen molar-refractivity contribution in [3.63, 3.8) is 0 Å². The highest BCUT2D eigenvalue weighted by atomic mass is 32.2. The maximum atomic E-state index is 10.6. The summed E-state index contributed by atoms with van der Waals surface area (Å²) in [6.45, 7) is 7.44. The first kappa shape index (κ1) is 15.9. The zero-order valence-corrected chi connectivity index (χ0v) is 13.7. The summed E-state index contributed by atoms with van der Waals surface area (Å²) in [6.07, 6.45) is 1.81. The molecule has 1 aromatic rings. The second-order valence-corrected chi connectivity index (χ2v) is 7.75. The second-order valence-electron chi connectivity index (χ2n) is 6.53. The van der Waals surface area contributed by atoms with E-state index in [4.69, 9.17) is 0 Å². The fourth-order valence-electron chi connectivity index (χ4n) is 2.64. The Labute approximate surface area is 127 Å². The van der Waals surface area contributed by atoms with Crippen LogP contribution in [-0.4, -0.2) is 34.8 Å². The van der Waals surface area contributed by atoms with Crippen molar-refractivity contribution in [2.45, 2.75) is 50.7 Å². The summed E-state index contributed by atoms with van der Waals surface area (Å²) in [5.74, 6) is 2.16. The van der Waals surface area contributed by atoms with E-state index >= 15 is 0 Å². The first-order valence-electron chi connectivity index (χ1n) is 7.53. The fourth-order valence-corrected chi connectivity index (χ4v) is 3.90. The van der Waals surface area contributed by atoms with Crippen molar-refractivity contribution in [1.82, 2.24) is 5.32 Å². The zero-order chi connectivity index (χ0) is 14.6. The Balaban J connectivity index is 1.95. The molecule has 1 unspecified atom stereocenters. The first-order chi connectivity index (χ1) is 9.44. The largest absolute Gasteiger partial charge is 0.389 e. The van der Waals surface area contributed by atoms with Crippen molar-refractivity contribution in [3.05, 3.63) is 35.9 Å². The predicted molar refractivity (Wildman–Crippen MR) is 88.4 cm³/mol. The lowest BCUT2D eigenvalue weighted by atomic mass is 9.78. The van der Waals surface area contributed by atoms with Crippen LogP contribution in [0.1, 0.15) is 39.2 Å². The number of thioether (sulfide) groups is 1. The Kier molecular flexibility index (Phi) is 5.16. The Bertz CT molecular complexity index is 412. The SMILES string of the molecule is CC(NCC1(O)CCSCC1)C(C)(C)c1ccccc1. The molecule has 0 radical (unpaired) electrons. The lowest BCUT2D eigenvalue weighted by Gasteiger charge is -2.38. The van der Waals surface area contributed by atoms with Crippen LogP contribution in [-0.2, 0) is 5.41 Å². The van der Waals surface area contributed by atoms with Gasteiger partial charge in [0, 0.05) is 18.0 Å². The molecule has 1 heterocycles. The van der Waals surface area contributed by atoms with Crippen LogP contribution < -0.4 is 5.32 Å². The van der Waals surface area contributed by atoms with Gasteiger partial charge in [0.05, 0.1) is 5.60 Å². The van der Waals surface area contributed by atoms with E-state index in [0.29, 0.717) is 12.6 Å². The minimum Gasteiger partial charge on any atom is -0.389 e. The lowest BCUT2D eigenvalue weighted by molar-refractivity contribution is 0.0279. The Morgan fingerprint density at radius 2 is 1.85 bits per heavy atom. The maximum absolute atomic E-state index is 10.6. The normalized spacial score (nSPS) is 20.6. The summed E-state index contributed by atoms with van der Waals surface area (Å²) < 4.78 is 0. The number of hydrogen-bond acceptors (Lipinski definition) is 3. The van der Waals surface area contributed by atoms with Gasteiger partial charge in [0.15, 0.2) is 0 Å². The van der Waals surface area contributed by atoms with Crippen LogP contribution in [0.15, 0.2) is 30.3 Å². The molecule has 112 valence electrons. The van der Waals surface area contributed by atoms with Crippen LogP contribution in [0.2, 0.25) is 0 Å². The average molecular weight is 293 g/mol. The van der Waals surface area contributed by atoms with Gasteiger partial charge in [-0.15, -0.1) is 0 Å². The van der Waals surface area contributed by atoms with E-state index in [2.05, 4.69) is 56.4 Å². The maximum Gasteiger partial charge on any atom is 0.0787 e. The van der Waals surface area contributed by atoms with Crippen molar-refractivity contribution in [2.75, 3.05) is 18.1 Å². The zero-order valence-electron chi connectivity index (χ0n) is 12.9. The van der Waals surface area contributed by atoms with Crippen molar-refractivity contribution < 1.29 is 5.11 Å². The standard InChI is InChI=1S/C17H27NOS/c1-14(16(2,3)15-7-5-4-6-8-15)18-13-17(19)9-11-20-12-10-17/h4-8,14,18-19H,9-13H2,1-3H3. The quantitative estimate of drug-likeness (QED) is 0.874.